The van der Waals surface area contributed by atoms with Crippen molar-refractivity contribution in [2.45, 2.75) is 11.4 Å². The zero-order valence-corrected chi connectivity index (χ0v) is 22.8. The molecule has 0 saturated carbocycles. The molecule has 2 amide bonds. The molecule has 4 rings (SSSR count). The van der Waals surface area contributed by atoms with Gasteiger partial charge in [-0.1, -0.05) is 5.16 Å². The van der Waals surface area contributed by atoms with E-state index in [1.54, 1.807) is 7.05 Å². The minimum Gasteiger partial charge on any atom is -0.477 e. The molecule has 2 saturated heterocycles. The highest BCUT2D eigenvalue weighted by atomic mass is 35.5. The number of nitrogens with zero attached hydrogens (tertiary/aromatic N) is 7. The third-order valence-electron chi connectivity index (χ3n) is 5.67. The summed E-state index contributed by atoms with van der Waals surface area (Å²) < 4.78 is 16.3. The molecule has 6 N–H and O–H groups in total. The van der Waals surface area contributed by atoms with Crippen LogP contribution in [0.2, 0.25) is 0 Å². The van der Waals surface area contributed by atoms with Gasteiger partial charge in [-0.3, -0.25) is 19.9 Å². The van der Waals surface area contributed by atoms with Gasteiger partial charge in [-0.2, -0.15) is 14.5 Å². The van der Waals surface area contributed by atoms with Crippen molar-refractivity contribution in [1.29, 1.82) is 5.41 Å². The Hall–Kier alpha value is -3.55. The quantitative estimate of drug-likeness (QED) is 0.101. The SMILES string of the molecule is CN(/N=C/C1=C(C(=O)O)N2C(=O)C(NC(=O)/C(=N\OCF)c3nsc(N)n3)C2SC1)C(=N)N1CCNCC1.Cl. The first-order chi connectivity index (χ1) is 18.2. The third kappa shape index (κ3) is 6.37. The van der Waals surface area contributed by atoms with E-state index < -0.39 is 41.8 Å². The second kappa shape index (κ2) is 13.0. The number of anilines is 1. The molecule has 0 aliphatic carbocycles. The van der Waals surface area contributed by atoms with E-state index in [0.29, 0.717) is 13.1 Å². The first-order valence-electron chi connectivity index (χ1n) is 11.1. The summed E-state index contributed by atoms with van der Waals surface area (Å²) in [4.78, 5) is 48.9. The van der Waals surface area contributed by atoms with Crippen molar-refractivity contribution in [3.63, 3.8) is 0 Å². The van der Waals surface area contributed by atoms with Crippen molar-refractivity contribution in [2.75, 3.05) is 51.6 Å². The predicted molar refractivity (Wildman–Crippen MR) is 143 cm³/mol. The van der Waals surface area contributed by atoms with Crippen LogP contribution in [-0.4, -0.2) is 122 Å². The summed E-state index contributed by atoms with van der Waals surface area (Å²) in [6, 6.07) is -1.09. The van der Waals surface area contributed by atoms with Crippen molar-refractivity contribution < 1.29 is 28.7 Å². The van der Waals surface area contributed by atoms with Crippen LogP contribution >= 0.6 is 35.7 Å². The van der Waals surface area contributed by atoms with Gasteiger partial charge >= 0.3 is 5.97 Å². The minimum atomic E-state index is -1.34. The van der Waals surface area contributed by atoms with Gasteiger partial charge in [0.25, 0.3) is 18.7 Å². The molecule has 1 aromatic heterocycles. The largest absolute Gasteiger partial charge is 0.477 e. The maximum Gasteiger partial charge on any atom is 0.353 e. The van der Waals surface area contributed by atoms with Crippen molar-refractivity contribution in [2.24, 2.45) is 10.3 Å². The lowest BCUT2D eigenvalue weighted by atomic mass is 10.0. The van der Waals surface area contributed by atoms with Gasteiger partial charge in [0.2, 0.25) is 17.5 Å². The standard InChI is InChI=1S/C19H24FN11O5S2.ClH/c1-29(19(22)30-4-2-23-3-5-30)24-6-9-7-37-16-11(15(33)31(16)12(9)17(34)35)25-14(32)10(27-36-8-20)13-26-18(21)38-28-13;/h6,11,16,22-23H,2-5,7-8H2,1H3,(H,25,32)(H,34,35)(H2,21,26,28);1H/b22-19?,24-6+,27-10-;. The fraction of sp³-hybridized carbons (Fsp3) is 0.474. The number of hydrogen-bond acceptors (Lipinski definition) is 13. The number of β-lactam (4-membered cyclic amide) rings is 1. The third-order valence-corrected chi connectivity index (χ3v) is 7.51. The van der Waals surface area contributed by atoms with Gasteiger partial charge in [-0.05, 0) is 0 Å². The van der Waals surface area contributed by atoms with E-state index in [4.69, 9.17) is 11.1 Å². The fourth-order valence-electron chi connectivity index (χ4n) is 3.85. The summed E-state index contributed by atoms with van der Waals surface area (Å²) in [6.07, 6.45) is 1.32. The first-order valence-corrected chi connectivity index (χ1v) is 12.9. The molecule has 20 heteroatoms. The zero-order valence-electron chi connectivity index (χ0n) is 20.4. The van der Waals surface area contributed by atoms with Gasteiger partial charge in [-0.15, -0.1) is 24.2 Å². The molecule has 0 spiro atoms. The lowest BCUT2D eigenvalue weighted by molar-refractivity contribution is -0.150. The number of halogens is 2. The monoisotopic (exact) mass is 605 g/mol. The van der Waals surface area contributed by atoms with Crippen molar-refractivity contribution in [3.05, 3.63) is 17.1 Å². The fourth-order valence-corrected chi connectivity index (χ4v) is 5.58. The average Bonchev–Trinajstić information content (AvgIpc) is 3.35. The van der Waals surface area contributed by atoms with E-state index in [0.717, 1.165) is 29.5 Å². The van der Waals surface area contributed by atoms with Crippen LogP contribution in [0.1, 0.15) is 5.82 Å². The number of carboxylic acid groups (broad SMARTS) is 1. The average molecular weight is 606 g/mol. The molecule has 3 aliphatic heterocycles. The number of aromatic nitrogens is 2. The predicted octanol–water partition coefficient (Wildman–Crippen LogP) is -1.31. The van der Waals surface area contributed by atoms with Crippen LogP contribution in [0, 0.1) is 5.41 Å². The maximum absolute atomic E-state index is 12.9. The molecule has 212 valence electrons. The lowest BCUT2D eigenvalue weighted by Crippen LogP contribution is -2.71. The van der Waals surface area contributed by atoms with Crippen LogP contribution < -0.4 is 16.4 Å². The summed E-state index contributed by atoms with van der Waals surface area (Å²) in [6.45, 7) is 1.46. The highest BCUT2D eigenvalue weighted by Crippen LogP contribution is 2.40. The van der Waals surface area contributed by atoms with Gasteiger partial charge in [0.15, 0.2) is 5.13 Å². The Morgan fingerprint density at radius 3 is 2.77 bits per heavy atom. The van der Waals surface area contributed by atoms with E-state index in [-0.39, 0.29) is 46.3 Å². The van der Waals surface area contributed by atoms with E-state index in [9.17, 15) is 23.9 Å². The molecule has 2 atom stereocenters. The molecule has 39 heavy (non-hydrogen) atoms. The summed E-state index contributed by atoms with van der Waals surface area (Å²) in [5.74, 6) is -2.80. The van der Waals surface area contributed by atoms with E-state index in [1.807, 2.05) is 4.90 Å². The van der Waals surface area contributed by atoms with Gasteiger partial charge in [0.1, 0.15) is 17.1 Å². The number of nitrogen functional groups attached to an aromatic ring is 1. The number of amides is 2. The van der Waals surface area contributed by atoms with Crippen LogP contribution in [0.3, 0.4) is 0 Å². The molecule has 2 unspecified atom stereocenters. The van der Waals surface area contributed by atoms with Crippen LogP contribution in [-0.2, 0) is 19.2 Å². The Bertz CT molecular complexity index is 1220. The smallest absolute Gasteiger partial charge is 0.353 e. The number of aliphatic carboxylic acids is 1. The summed E-state index contributed by atoms with van der Waals surface area (Å²) in [5, 5.41) is 32.1. The van der Waals surface area contributed by atoms with Gasteiger partial charge in [-0.25, -0.2) is 14.2 Å². The Morgan fingerprint density at radius 2 is 2.15 bits per heavy atom. The normalized spacial score (nSPS) is 21.2. The number of carbonyl (C=O) groups excluding carboxylic acids is 2. The number of guanidine groups is 1. The number of thioether (sulfide) groups is 1. The number of carbonyl (C=O) groups is 3. The Balaban J connectivity index is 0.00000420. The van der Waals surface area contributed by atoms with Crippen LogP contribution in [0.4, 0.5) is 9.52 Å². The molecule has 3 aliphatic rings. The summed E-state index contributed by atoms with van der Waals surface area (Å²) in [7, 11) is 1.58. The molecular weight excluding hydrogens is 581 g/mol. The molecule has 1 aromatic rings. The number of oxime groups is 1. The Morgan fingerprint density at radius 1 is 1.44 bits per heavy atom. The molecule has 0 radical (unpaired) electrons. The number of nitrogens with two attached hydrogens (primary N) is 1. The number of hydrogen-bond donors (Lipinski definition) is 5. The van der Waals surface area contributed by atoms with Crippen molar-refractivity contribution >= 4 is 76.5 Å². The molecule has 0 aromatic carbocycles. The Labute approximate surface area is 235 Å². The zero-order chi connectivity index (χ0) is 27.4. The van der Waals surface area contributed by atoms with E-state index in [2.05, 4.69) is 35.1 Å². The minimum absolute atomic E-state index is 0. The molecule has 4 heterocycles. The number of alkyl halides is 1. The number of carboxylic acids is 1. The Kier molecular flexibility index (Phi) is 10.0. The number of rotatable bonds is 8. The highest BCUT2D eigenvalue weighted by molar-refractivity contribution is 8.00. The summed E-state index contributed by atoms with van der Waals surface area (Å²) >= 11 is 2.00. The number of fused-ring (bicyclic) bond motifs is 1. The first kappa shape index (κ1) is 30.0. The van der Waals surface area contributed by atoms with Gasteiger partial charge in [0.05, 0.1) is 6.21 Å². The van der Waals surface area contributed by atoms with Gasteiger partial charge in [0, 0.05) is 56.1 Å². The van der Waals surface area contributed by atoms with Crippen LogP contribution in [0.25, 0.3) is 0 Å². The molecule has 16 nitrogen and oxygen atoms in total. The molecule has 2 fully saturated rings. The number of nitrogens with one attached hydrogen (secondary N) is 3. The summed E-state index contributed by atoms with van der Waals surface area (Å²) in [5.41, 5.74) is 5.06. The maximum atomic E-state index is 12.9. The lowest BCUT2D eigenvalue weighted by Gasteiger charge is -2.49. The van der Waals surface area contributed by atoms with Crippen molar-refractivity contribution in [1.82, 2.24) is 34.8 Å². The molecular formula is C19H25ClFN11O5S2. The number of hydrazone groups is 1. The second-order valence-corrected chi connectivity index (χ2v) is 9.89. The van der Waals surface area contributed by atoms with E-state index in [1.165, 1.54) is 23.0 Å². The number of piperazine rings is 1. The van der Waals surface area contributed by atoms with E-state index >= 15 is 0 Å². The topological polar surface area (TPSA) is 215 Å². The second-order valence-electron chi connectivity index (χ2n) is 8.00. The molecule has 0 bridgehead atoms. The van der Waals surface area contributed by atoms with Crippen LogP contribution in [0.15, 0.2) is 21.5 Å². The van der Waals surface area contributed by atoms with Crippen molar-refractivity contribution in [3.8, 4) is 0 Å². The van der Waals surface area contributed by atoms with Crippen LogP contribution in [0.5, 0.6) is 0 Å². The highest BCUT2D eigenvalue weighted by Gasteiger charge is 2.54. The van der Waals surface area contributed by atoms with Gasteiger partial charge < -0.3 is 31.2 Å².